The van der Waals surface area contributed by atoms with Crippen molar-refractivity contribution in [2.75, 3.05) is 12.8 Å². The second-order valence-corrected chi connectivity index (χ2v) is 5.16. The lowest BCUT2D eigenvalue weighted by atomic mass is 10.0. The summed E-state index contributed by atoms with van der Waals surface area (Å²) in [5, 5.41) is 9.43. The van der Waals surface area contributed by atoms with E-state index in [1.54, 1.807) is 7.11 Å². The van der Waals surface area contributed by atoms with Gasteiger partial charge in [-0.3, -0.25) is 0 Å². The van der Waals surface area contributed by atoms with Crippen LogP contribution in [-0.4, -0.2) is 16.7 Å². The van der Waals surface area contributed by atoms with E-state index >= 15 is 0 Å². The molecule has 2 aromatic heterocycles. The van der Waals surface area contributed by atoms with Crippen molar-refractivity contribution in [1.82, 2.24) is 9.55 Å². The number of nitrogen functional groups attached to an aromatic ring is 1. The highest BCUT2D eigenvalue weighted by molar-refractivity contribution is 5.79. The Kier molecular flexibility index (Phi) is 3.73. The summed E-state index contributed by atoms with van der Waals surface area (Å²) in [6, 6.07) is 15.5. The lowest BCUT2D eigenvalue weighted by Gasteiger charge is -2.11. The van der Waals surface area contributed by atoms with Gasteiger partial charge in [0.05, 0.1) is 12.8 Å². The Bertz CT molecular complexity index is 906. The van der Waals surface area contributed by atoms with Crippen molar-refractivity contribution in [2.24, 2.45) is 7.05 Å². The van der Waals surface area contributed by atoms with Gasteiger partial charge in [0, 0.05) is 30.1 Å². The van der Waals surface area contributed by atoms with Gasteiger partial charge in [0.25, 0.3) is 0 Å². The third-order valence-electron chi connectivity index (χ3n) is 3.74. The molecule has 5 nitrogen and oxygen atoms in total. The number of benzene rings is 1. The van der Waals surface area contributed by atoms with E-state index in [1.807, 2.05) is 60.3 Å². The fourth-order valence-corrected chi connectivity index (χ4v) is 2.56. The van der Waals surface area contributed by atoms with Crippen LogP contribution in [-0.2, 0) is 7.05 Å². The smallest absolute Gasteiger partial charge is 0.142 e. The summed E-state index contributed by atoms with van der Waals surface area (Å²) in [5.41, 5.74) is 9.69. The molecule has 2 heterocycles. The summed E-state index contributed by atoms with van der Waals surface area (Å²) in [6.07, 6.45) is 1.93. The van der Waals surface area contributed by atoms with Crippen LogP contribution in [0.25, 0.3) is 22.5 Å². The van der Waals surface area contributed by atoms with E-state index in [0.717, 1.165) is 22.6 Å². The van der Waals surface area contributed by atoms with Gasteiger partial charge in [0.15, 0.2) is 0 Å². The molecule has 5 heteroatoms. The van der Waals surface area contributed by atoms with E-state index in [2.05, 4.69) is 11.1 Å². The Balaban J connectivity index is 2.23. The summed E-state index contributed by atoms with van der Waals surface area (Å²) in [5.74, 6) is 0.969. The standard InChI is InChI=1S/C18H16N4O/c1-22-8-4-7-17(22)14-10-16(21-18(20)15(14)11-19)12-5-3-6-13(9-12)23-2/h3-10H,1-2H3,(H2,20,21). The first-order chi connectivity index (χ1) is 11.1. The van der Waals surface area contributed by atoms with Crippen LogP contribution in [0.4, 0.5) is 5.82 Å². The van der Waals surface area contributed by atoms with Gasteiger partial charge in [0.2, 0.25) is 0 Å². The highest BCUT2D eigenvalue weighted by Crippen LogP contribution is 2.32. The monoisotopic (exact) mass is 304 g/mol. The fraction of sp³-hybridized carbons (Fsp3) is 0.111. The molecular formula is C18H16N4O. The third kappa shape index (κ3) is 2.62. The predicted octanol–water partition coefficient (Wildman–Crippen LogP) is 3.22. The number of hydrogen-bond acceptors (Lipinski definition) is 4. The molecule has 0 aliphatic rings. The van der Waals surface area contributed by atoms with E-state index in [-0.39, 0.29) is 5.82 Å². The largest absolute Gasteiger partial charge is 0.497 e. The van der Waals surface area contributed by atoms with Crippen molar-refractivity contribution in [2.45, 2.75) is 0 Å². The third-order valence-corrected chi connectivity index (χ3v) is 3.74. The van der Waals surface area contributed by atoms with Crippen LogP contribution in [0, 0.1) is 11.3 Å². The second kappa shape index (κ2) is 5.85. The molecule has 114 valence electrons. The summed E-state index contributed by atoms with van der Waals surface area (Å²) in [4.78, 5) is 4.38. The summed E-state index contributed by atoms with van der Waals surface area (Å²) < 4.78 is 7.21. The van der Waals surface area contributed by atoms with Crippen LogP contribution < -0.4 is 10.5 Å². The Morgan fingerprint density at radius 3 is 2.70 bits per heavy atom. The van der Waals surface area contributed by atoms with Crippen molar-refractivity contribution in [3.63, 3.8) is 0 Å². The van der Waals surface area contributed by atoms with E-state index < -0.39 is 0 Å². The average Bonchev–Trinajstić information content (AvgIpc) is 3.00. The number of pyridine rings is 1. The van der Waals surface area contributed by atoms with Gasteiger partial charge in [-0.05, 0) is 30.3 Å². The molecule has 0 unspecified atom stereocenters. The zero-order valence-electron chi connectivity index (χ0n) is 12.9. The maximum absolute atomic E-state index is 9.43. The molecule has 0 saturated heterocycles. The second-order valence-electron chi connectivity index (χ2n) is 5.16. The molecule has 0 bridgehead atoms. The number of nitrogens with zero attached hydrogens (tertiary/aromatic N) is 3. The Labute approximate surface area is 134 Å². The molecule has 23 heavy (non-hydrogen) atoms. The van der Waals surface area contributed by atoms with Gasteiger partial charge < -0.3 is 15.0 Å². The molecule has 3 rings (SSSR count). The quantitative estimate of drug-likeness (QED) is 0.806. The Hall–Kier alpha value is -3.26. The first-order valence-corrected chi connectivity index (χ1v) is 7.10. The number of ether oxygens (including phenoxy) is 1. The molecule has 0 aliphatic heterocycles. The van der Waals surface area contributed by atoms with E-state index in [4.69, 9.17) is 10.5 Å². The lowest BCUT2D eigenvalue weighted by molar-refractivity contribution is 0.415. The van der Waals surface area contributed by atoms with Crippen molar-refractivity contribution < 1.29 is 4.74 Å². The minimum absolute atomic E-state index is 0.226. The van der Waals surface area contributed by atoms with Crippen LogP contribution in [0.5, 0.6) is 5.75 Å². The first-order valence-electron chi connectivity index (χ1n) is 7.10. The molecule has 2 N–H and O–H groups in total. The molecule has 0 fully saturated rings. The van der Waals surface area contributed by atoms with Gasteiger partial charge in [-0.2, -0.15) is 5.26 Å². The summed E-state index contributed by atoms with van der Waals surface area (Å²) in [6.45, 7) is 0. The SMILES string of the molecule is COc1cccc(-c2cc(-c3cccn3C)c(C#N)c(N)n2)c1. The van der Waals surface area contributed by atoms with Crippen LogP contribution in [0.1, 0.15) is 5.56 Å². The Morgan fingerprint density at radius 2 is 2.04 bits per heavy atom. The fourth-order valence-electron chi connectivity index (χ4n) is 2.56. The van der Waals surface area contributed by atoms with E-state index in [0.29, 0.717) is 11.3 Å². The average molecular weight is 304 g/mol. The lowest BCUT2D eigenvalue weighted by Crippen LogP contribution is -2.01. The number of nitrogens with two attached hydrogens (primary N) is 1. The van der Waals surface area contributed by atoms with Crippen molar-refractivity contribution >= 4 is 5.82 Å². The number of hydrogen-bond donors (Lipinski definition) is 1. The van der Waals surface area contributed by atoms with Crippen molar-refractivity contribution in [1.29, 1.82) is 5.26 Å². The number of aromatic nitrogens is 2. The topological polar surface area (TPSA) is 76.9 Å². The van der Waals surface area contributed by atoms with Crippen LogP contribution in [0.3, 0.4) is 0 Å². The molecule has 0 amide bonds. The number of anilines is 1. The zero-order valence-corrected chi connectivity index (χ0v) is 12.9. The predicted molar refractivity (Wildman–Crippen MR) is 89.8 cm³/mol. The number of rotatable bonds is 3. The normalized spacial score (nSPS) is 10.3. The van der Waals surface area contributed by atoms with Gasteiger partial charge in [-0.25, -0.2) is 4.98 Å². The molecule has 0 radical (unpaired) electrons. The van der Waals surface area contributed by atoms with Crippen molar-refractivity contribution in [3.8, 4) is 34.3 Å². The van der Waals surface area contributed by atoms with E-state index in [1.165, 1.54) is 0 Å². The number of nitriles is 1. The Morgan fingerprint density at radius 1 is 1.22 bits per heavy atom. The van der Waals surface area contributed by atoms with Crippen molar-refractivity contribution in [3.05, 3.63) is 54.2 Å². The molecule has 0 aliphatic carbocycles. The molecule has 3 aromatic rings. The number of aryl methyl sites for hydroxylation is 1. The van der Waals surface area contributed by atoms with Crippen LogP contribution in [0.2, 0.25) is 0 Å². The van der Waals surface area contributed by atoms with Gasteiger partial charge >= 0.3 is 0 Å². The highest BCUT2D eigenvalue weighted by Gasteiger charge is 2.15. The molecular weight excluding hydrogens is 288 g/mol. The molecule has 0 saturated carbocycles. The van der Waals surface area contributed by atoms with Gasteiger partial charge in [0.1, 0.15) is 23.2 Å². The molecule has 1 aromatic carbocycles. The minimum Gasteiger partial charge on any atom is -0.497 e. The summed E-state index contributed by atoms with van der Waals surface area (Å²) >= 11 is 0. The maximum atomic E-state index is 9.43. The molecule has 0 atom stereocenters. The molecule has 0 spiro atoms. The maximum Gasteiger partial charge on any atom is 0.142 e. The van der Waals surface area contributed by atoms with Crippen LogP contribution >= 0.6 is 0 Å². The van der Waals surface area contributed by atoms with Gasteiger partial charge in [-0.1, -0.05) is 12.1 Å². The number of methoxy groups -OCH3 is 1. The highest BCUT2D eigenvalue weighted by atomic mass is 16.5. The minimum atomic E-state index is 0.226. The van der Waals surface area contributed by atoms with Crippen LogP contribution in [0.15, 0.2) is 48.7 Å². The van der Waals surface area contributed by atoms with Gasteiger partial charge in [-0.15, -0.1) is 0 Å². The summed E-state index contributed by atoms with van der Waals surface area (Å²) in [7, 11) is 3.55. The zero-order chi connectivity index (χ0) is 16.4. The first kappa shape index (κ1) is 14.7. The van der Waals surface area contributed by atoms with E-state index in [9.17, 15) is 5.26 Å².